The molecule has 2 heterocycles. The van der Waals surface area contributed by atoms with Crippen molar-refractivity contribution in [1.82, 2.24) is 9.13 Å². The summed E-state index contributed by atoms with van der Waals surface area (Å²) in [5, 5.41) is 5.00. The molecule has 0 saturated heterocycles. The van der Waals surface area contributed by atoms with Crippen molar-refractivity contribution in [3.63, 3.8) is 0 Å². The fourth-order valence-electron chi connectivity index (χ4n) is 11.1. The number of aromatic nitrogens is 2. The standard InChI is InChI=1S/C67H46N2/c1-5-20-53(21-6-1)67(54-22-7-2-8-23-54,55-24-9-3-10-25-55)56-38-32-47(33-39-56)49-18-17-19-50(44-49)48-34-40-58(41-35-48)69-64-31-16-14-29-60(64)62-46-52(37-43-66(62)69)51-36-42-65-61(45-51)59-28-13-15-30-63(59)68(65)57-26-11-4-12-27-57/h1-46H. The molecule has 0 atom stereocenters. The van der Waals surface area contributed by atoms with E-state index in [9.17, 15) is 0 Å². The van der Waals surface area contributed by atoms with Crippen LogP contribution in [0, 0.1) is 0 Å². The van der Waals surface area contributed by atoms with Gasteiger partial charge in [-0.15, -0.1) is 0 Å². The van der Waals surface area contributed by atoms with Crippen LogP contribution in [0.5, 0.6) is 0 Å². The normalized spacial score (nSPS) is 11.8. The predicted molar refractivity (Wildman–Crippen MR) is 290 cm³/mol. The van der Waals surface area contributed by atoms with Crippen LogP contribution in [-0.4, -0.2) is 9.13 Å². The number of para-hydroxylation sites is 3. The van der Waals surface area contributed by atoms with Gasteiger partial charge in [0.25, 0.3) is 0 Å². The Morgan fingerprint density at radius 1 is 0.203 bits per heavy atom. The molecule has 13 aromatic rings. The number of hydrogen-bond acceptors (Lipinski definition) is 0. The van der Waals surface area contributed by atoms with Gasteiger partial charge in [0.15, 0.2) is 0 Å². The highest BCUT2D eigenvalue weighted by molar-refractivity contribution is 6.12. The molecule has 0 saturated carbocycles. The topological polar surface area (TPSA) is 9.86 Å². The van der Waals surface area contributed by atoms with E-state index in [0.717, 1.165) is 5.69 Å². The lowest BCUT2D eigenvalue weighted by Gasteiger charge is -2.37. The molecule has 0 unspecified atom stereocenters. The minimum Gasteiger partial charge on any atom is -0.309 e. The minimum absolute atomic E-state index is 0.480. The van der Waals surface area contributed by atoms with Crippen molar-refractivity contribution in [2.75, 3.05) is 0 Å². The van der Waals surface area contributed by atoms with Gasteiger partial charge in [-0.3, -0.25) is 0 Å². The van der Waals surface area contributed by atoms with Crippen LogP contribution < -0.4 is 0 Å². The van der Waals surface area contributed by atoms with E-state index in [1.54, 1.807) is 0 Å². The monoisotopic (exact) mass is 878 g/mol. The first-order valence-corrected chi connectivity index (χ1v) is 23.8. The van der Waals surface area contributed by atoms with Crippen molar-refractivity contribution >= 4 is 43.6 Å². The van der Waals surface area contributed by atoms with Crippen molar-refractivity contribution in [2.24, 2.45) is 0 Å². The van der Waals surface area contributed by atoms with Gasteiger partial charge in [0.2, 0.25) is 0 Å². The second-order valence-electron chi connectivity index (χ2n) is 18.1. The molecule has 2 nitrogen and oxygen atoms in total. The molecule has 0 spiro atoms. The van der Waals surface area contributed by atoms with Gasteiger partial charge < -0.3 is 9.13 Å². The molecule has 69 heavy (non-hydrogen) atoms. The Bertz CT molecular complexity index is 3860. The molecule has 0 aliphatic carbocycles. The van der Waals surface area contributed by atoms with Gasteiger partial charge in [-0.05, 0) is 122 Å². The lowest BCUT2D eigenvalue weighted by molar-refractivity contribution is 0.745. The van der Waals surface area contributed by atoms with Crippen molar-refractivity contribution in [3.8, 4) is 44.8 Å². The fraction of sp³-hybridized carbons (Fsp3) is 0.0149. The maximum atomic E-state index is 2.41. The summed E-state index contributed by atoms with van der Waals surface area (Å²) in [7, 11) is 0. The third-order valence-corrected chi connectivity index (χ3v) is 14.3. The average molecular weight is 879 g/mol. The number of fused-ring (bicyclic) bond motifs is 6. The van der Waals surface area contributed by atoms with Crippen molar-refractivity contribution in [3.05, 3.63) is 301 Å². The van der Waals surface area contributed by atoms with Crippen LogP contribution in [0.4, 0.5) is 0 Å². The van der Waals surface area contributed by atoms with Crippen molar-refractivity contribution in [1.29, 1.82) is 0 Å². The largest absolute Gasteiger partial charge is 0.309 e. The third-order valence-electron chi connectivity index (χ3n) is 14.3. The van der Waals surface area contributed by atoms with Gasteiger partial charge in [0, 0.05) is 32.9 Å². The van der Waals surface area contributed by atoms with E-state index in [1.807, 2.05) is 0 Å². The van der Waals surface area contributed by atoms with E-state index in [-0.39, 0.29) is 0 Å². The smallest absolute Gasteiger partial charge is 0.0701 e. The Kier molecular flexibility index (Phi) is 9.77. The van der Waals surface area contributed by atoms with Crippen LogP contribution in [0.2, 0.25) is 0 Å². The molecular weight excluding hydrogens is 833 g/mol. The molecule has 0 N–H and O–H groups in total. The van der Waals surface area contributed by atoms with Crippen LogP contribution in [0.15, 0.2) is 279 Å². The Balaban J connectivity index is 0.836. The van der Waals surface area contributed by atoms with E-state index in [2.05, 4.69) is 288 Å². The summed E-state index contributed by atoms with van der Waals surface area (Å²) >= 11 is 0. The number of benzene rings is 11. The van der Waals surface area contributed by atoms with Crippen LogP contribution >= 0.6 is 0 Å². The Morgan fingerprint density at radius 2 is 0.536 bits per heavy atom. The van der Waals surface area contributed by atoms with Gasteiger partial charge >= 0.3 is 0 Å². The zero-order valence-electron chi connectivity index (χ0n) is 38.0. The third kappa shape index (κ3) is 6.72. The van der Waals surface area contributed by atoms with Crippen LogP contribution in [-0.2, 0) is 5.41 Å². The van der Waals surface area contributed by atoms with Gasteiger partial charge in [-0.2, -0.15) is 0 Å². The molecule has 0 radical (unpaired) electrons. The second kappa shape index (κ2) is 16.7. The SMILES string of the molecule is c1ccc(-n2c3ccccc3c3cc(-c4ccc5c(c4)c4ccccc4n5-c4ccc(-c5cccc(-c6ccc(C(c7ccccc7)(c7ccccc7)c7ccccc7)cc6)c5)cc4)ccc32)cc1. The van der Waals surface area contributed by atoms with Crippen LogP contribution in [0.25, 0.3) is 88.4 Å². The van der Waals surface area contributed by atoms with E-state index in [1.165, 1.54) is 105 Å². The molecule has 0 fully saturated rings. The Hall–Kier alpha value is -8.98. The van der Waals surface area contributed by atoms with E-state index in [0.29, 0.717) is 0 Å². The molecule has 0 aliphatic rings. The summed E-state index contributed by atoms with van der Waals surface area (Å²) in [4.78, 5) is 0. The summed E-state index contributed by atoms with van der Waals surface area (Å²) in [5.74, 6) is 0. The molecule has 0 bridgehead atoms. The van der Waals surface area contributed by atoms with E-state index >= 15 is 0 Å². The number of hydrogen-bond donors (Lipinski definition) is 0. The molecule has 11 aromatic carbocycles. The van der Waals surface area contributed by atoms with Crippen LogP contribution in [0.1, 0.15) is 22.3 Å². The molecule has 324 valence electrons. The van der Waals surface area contributed by atoms with E-state index in [4.69, 9.17) is 0 Å². The molecule has 0 aliphatic heterocycles. The summed E-state index contributed by atoms with van der Waals surface area (Å²) in [5.41, 5.74) is 18.7. The summed E-state index contributed by atoms with van der Waals surface area (Å²) in [6, 6.07) is 102. The van der Waals surface area contributed by atoms with Crippen molar-refractivity contribution < 1.29 is 0 Å². The first kappa shape index (κ1) is 40.3. The highest BCUT2D eigenvalue weighted by Gasteiger charge is 2.38. The molecular formula is C67H46N2. The maximum absolute atomic E-state index is 2.41. The zero-order chi connectivity index (χ0) is 45.7. The van der Waals surface area contributed by atoms with Gasteiger partial charge in [0.1, 0.15) is 0 Å². The quantitative estimate of drug-likeness (QED) is 0.128. The number of rotatable bonds is 9. The summed E-state index contributed by atoms with van der Waals surface area (Å²) < 4.78 is 4.79. The van der Waals surface area contributed by atoms with Gasteiger partial charge in [-0.1, -0.05) is 212 Å². The first-order chi connectivity index (χ1) is 34.2. The molecule has 13 rings (SSSR count). The first-order valence-electron chi connectivity index (χ1n) is 23.8. The fourth-order valence-corrected chi connectivity index (χ4v) is 11.1. The maximum Gasteiger partial charge on any atom is 0.0701 e. The lowest BCUT2D eigenvalue weighted by Crippen LogP contribution is -2.30. The Labute approximate surface area is 402 Å². The van der Waals surface area contributed by atoms with Crippen molar-refractivity contribution in [2.45, 2.75) is 5.41 Å². The minimum atomic E-state index is -0.480. The number of nitrogens with zero attached hydrogens (tertiary/aromatic N) is 2. The zero-order valence-corrected chi connectivity index (χ0v) is 38.0. The second-order valence-corrected chi connectivity index (χ2v) is 18.1. The van der Waals surface area contributed by atoms with Crippen LogP contribution in [0.3, 0.4) is 0 Å². The average Bonchev–Trinajstić information content (AvgIpc) is 3.95. The van der Waals surface area contributed by atoms with Gasteiger partial charge in [0.05, 0.1) is 27.5 Å². The molecule has 0 amide bonds. The Morgan fingerprint density at radius 3 is 1.00 bits per heavy atom. The highest BCUT2D eigenvalue weighted by Crippen LogP contribution is 2.46. The summed E-state index contributed by atoms with van der Waals surface area (Å²) in [6.45, 7) is 0. The summed E-state index contributed by atoms with van der Waals surface area (Å²) in [6.07, 6.45) is 0. The predicted octanol–water partition coefficient (Wildman–Crippen LogP) is 17.3. The molecule has 2 heteroatoms. The van der Waals surface area contributed by atoms with Gasteiger partial charge in [-0.25, -0.2) is 0 Å². The van der Waals surface area contributed by atoms with E-state index < -0.39 is 5.41 Å². The highest BCUT2D eigenvalue weighted by atomic mass is 15.0. The lowest BCUT2D eigenvalue weighted by atomic mass is 9.65. The molecule has 2 aromatic heterocycles.